The fourth-order valence-corrected chi connectivity index (χ4v) is 2.84. The molecular formula is C11H18N2O2S. The van der Waals surface area contributed by atoms with Gasteiger partial charge in [-0.3, -0.25) is 0 Å². The average Bonchev–Trinajstić information content (AvgIpc) is 2.17. The van der Waals surface area contributed by atoms with Crippen LogP contribution in [0.25, 0.3) is 0 Å². The number of nitrogens with one attached hydrogen (secondary N) is 1. The Labute approximate surface area is 96.9 Å². The van der Waals surface area contributed by atoms with Crippen LogP contribution in [0.1, 0.15) is 26.7 Å². The van der Waals surface area contributed by atoms with Crippen molar-refractivity contribution in [2.24, 2.45) is 0 Å². The second kappa shape index (κ2) is 5.32. The standard InChI is InChI=1S/C11H18N2O2S/c1-3-5-9(2)13-16(14,15)11-7-4-6-10(12)8-11/h4,6-9,13H,3,5,12H2,1-2H3. The summed E-state index contributed by atoms with van der Waals surface area (Å²) < 4.78 is 26.4. The minimum Gasteiger partial charge on any atom is -0.399 e. The molecule has 0 fully saturated rings. The van der Waals surface area contributed by atoms with Crippen molar-refractivity contribution in [1.29, 1.82) is 0 Å². The topological polar surface area (TPSA) is 72.2 Å². The van der Waals surface area contributed by atoms with Gasteiger partial charge in [0.05, 0.1) is 4.90 Å². The Morgan fingerprint density at radius 2 is 2.12 bits per heavy atom. The van der Waals surface area contributed by atoms with E-state index in [1.165, 1.54) is 12.1 Å². The van der Waals surface area contributed by atoms with Crippen molar-refractivity contribution in [2.75, 3.05) is 5.73 Å². The van der Waals surface area contributed by atoms with E-state index in [2.05, 4.69) is 4.72 Å². The van der Waals surface area contributed by atoms with Gasteiger partial charge in [-0.15, -0.1) is 0 Å². The molecule has 5 heteroatoms. The molecule has 1 rings (SSSR count). The number of nitrogens with two attached hydrogens (primary N) is 1. The van der Waals surface area contributed by atoms with Crippen LogP contribution in [-0.2, 0) is 10.0 Å². The van der Waals surface area contributed by atoms with Crippen LogP contribution in [0.5, 0.6) is 0 Å². The first-order chi connectivity index (χ1) is 7.45. The van der Waals surface area contributed by atoms with Crippen molar-refractivity contribution in [3.05, 3.63) is 24.3 Å². The predicted molar refractivity (Wildman–Crippen MR) is 65.5 cm³/mol. The summed E-state index contributed by atoms with van der Waals surface area (Å²) in [7, 11) is -3.43. The number of rotatable bonds is 5. The van der Waals surface area contributed by atoms with Gasteiger partial charge in [0.1, 0.15) is 0 Å². The molecule has 0 aromatic heterocycles. The molecule has 16 heavy (non-hydrogen) atoms. The zero-order valence-corrected chi connectivity index (χ0v) is 10.4. The smallest absolute Gasteiger partial charge is 0.240 e. The first-order valence-corrected chi connectivity index (χ1v) is 6.82. The molecule has 0 aliphatic heterocycles. The van der Waals surface area contributed by atoms with E-state index in [0.29, 0.717) is 5.69 Å². The maximum absolute atomic E-state index is 11.9. The maximum Gasteiger partial charge on any atom is 0.240 e. The summed E-state index contributed by atoms with van der Waals surface area (Å²) in [6.07, 6.45) is 1.77. The molecule has 1 aromatic rings. The molecule has 0 amide bonds. The lowest BCUT2D eigenvalue weighted by Gasteiger charge is -2.13. The summed E-state index contributed by atoms with van der Waals surface area (Å²) in [5.74, 6) is 0. The Balaban J connectivity index is 2.86. The molecular weight excluding hydrogens is 224 g/mol. The Kier molecular flexibility index (Phi) is 4.32. The minimum atomic E-state index is -3.43. The van der Waals surface area contributed by atoms with E-state index in [0.717, 1.165) is 12.8 Å². The summed E-state index contributed by atoms with van der Waals surface area (Å²) in [5.41, 5.74) is 6.00. The molecule has 4 nitrogen and oxygen atoms in total. The number of hydrogen-bond donors (Lipinski definition) is 2. The first-order valence-electron chi connectivity index (χ1n) is 5.33. The van der Waals surface area contributed by atoms with Gasteiger partial charge in [0.25, 0.3) is 0 Å². The molecule has 1 unspecified atom stereocenters. The maximum atomic E-state index is 11.9. The summed E-state index contributed by atoms with van der Waals surface area (Å²) in [4.78, 5) is 0.218. The number of hydrogen-bond acceptors (Lipinski definition) is 3. The molecule has 0 bridgehead atoms. The van der Waals surface area contributed by atoms with E-state index in [4.69, 9.17) is 5.73 Å². The predicted octanol–water partition coefficient (Wildman–Crippen LogP) is 1.74. The van der Waals surface area contributed by atoms with Crippen molar-refractivity contribution in [3.8, 4) is 0 Å². The Bertz CT molecular complexity index is 443. The van der Waals surface area contributed by atoms with Crippen molar-refractivity contribution in [2.45, 2.75) is 37.6 Å². The monoisotopic (exact) mass is 242 g/mol. The molecule has 0 saturated heterocycles. The molecule has 3 N–H and O–H groups in total. The average molecular weight is 242 g/mol. The third-order valence-corrected chi connectivity index (χ3v) is 3.83. The van der Waals surface area contributed by atoms with E-state index in [9.17, 15) is 8.42 Å². The van der Waals surface area contributed by atoms with E-state index in [1.54, 1.807) is 12.1 Å². The summed E-state index contributed by atoms with van der Waals surface area (Å²) in [6.45, 7) is 3.87. The highest BCUT2D eigenvalue weighted by Crippen LogP contribution is 2.13. The van der Waals surface area contributed by atoms with Crippen molar-refractivity contribution in [3.63, 3.8) is 0 Å². The van der Waals surface area contributed by atoms with Crippen molar-refractivity contribution >= 4 is 15.7 Å². The second-order valence-electron chi connectivity index (χ2n) is 3.88. The van der Waals surface area contributed by atoms with Gasteiger partial charge in [-0.25, -0.2) is 13.1 Å². The van der Waals surface area contributed by atoms with E-state index < -0.39 is 10.0 Å². The number of benzene rings is 1. The number of anilines is 1. The van der Waals surface area contributed by atoms with E-state index in [-0.39, 0.29) is 10.9 Å². The van der Waals surface area contributed by atoms with Crippen LogP contribution in [0.3, 0.4) is 0 Å². The lowest BCUT2D eigenvalue weighted by molar-refractivity contribution is 0.544. The summed E-state index contributed by atoms with van der Waals surface area (Å²) in [5, 5.41) is 0. The SMILES string of the molecule is CCCC(C)NS(=O)(=O)c1cccc(N)c1. The molecule has 1 aromatic carbocycles. The minimum absolute atomic E-state index is 0.0589. The molecule has 1 atom stereocenters. The van der Waals surface area contributed by atoms with E-state index in [1.807, 2.05) is 13.8 Å². The second-order valence-corrected chi connectivity index (χ2v) is 5.60. The van der Waals surface area contributed by atoms with Crippen molar-refractivity contribution in [1.82, 2.24) is 4.72 Å². The van der Waals surface area contributed by atoms with Crippen LogP contribution < -0.4 is 10.5 Å². The van der Waals surface area contributed by atoms with E-state index >= 15 is 0 Å². The lowest BCUT2D eigenvalue weighted by atomic mass is 10.2. The highest BCUT2D eigenvalue weighted by atomic mass is 32.2. The number of sulfonamides is 1. The Morgan fingerprint density at radius 3 is 2.69 bits per heavy atom. The Morgan fingerprint density at radius 1 is 1.44 bits per heavy atom. The third kappa shape index (κ3) is 3.50. The normalized spacial score (nSPS) is 13.6. The van der Waals surface area contributed by atoms with Crippen molar-refractivity contribution < 1.29 is 8.42 Å². The fourth-order valence-electron chi connectivity index (χ4n) is 1.51. The largest absolute Gasteiger partial charge is 0.399 e. The molecule has 0 spiro atoms. The zero-order chi connectivity index (χ0) is 12.2. The van der Waals surface area contributed by atoms with Gasteiger partial charge in [-0.1, -0.05) is 19.4 Å². The molecule has 0 saturated carbocycles. The summed E-state index contributed by atoms with van der Waals surface area (Å²) >= 11 is 0. The third-order valence-electron chi connectivity index (χ3n) is 2.25. The Hall–Kier alpha value is -1.07. The zero-order valence-electron chi connectivity index (χ0n) is 9.60. The molecule has 0 heterocycles. The van der Waals surface area contributed by atoms with Gasteiger partial charge in [0, 0.05) is 11.7 Å². The van der Waals surface area contributed by atoms with Gasteiger partial charge in [0.15, 0.2) is 0 Å². The fraction of sp³-hybridized carbons (Fsp3) is 0.455. The van der Waals surface area contributed by atoms with Gasteiger partial charge in [0.2, 0.25) is 10.0 Å². The van der Waals surface area contributed by atoms with Gasteiger partial charge >= 0.3 is 0 Å². The molecule has 90 valence electrons. The molecule has 0 radical (unpaired) electrons. The van der Waals surface area contributed by atoms with Gasteiger partial charge in [-0.2, -0.15) is 0 Å². The van der Waals surface area contributed by atoms with Gasteiger partial charge < -0.3 is 5.73 Å². The van der Waals surface area contributed by atoms with Crippen LogP contribution in [-0.4, -0.2) is 14.5 Å². The quantitative estimate of drug-likeness (QED) is 0.772. The van der Waals surface area contributed by atoms with Crippen LogP contribution in [0.4, 0.5) is 5.69 Å². The highest BCUT2D eigenvalue weighted by Gasteiger charge is 2.16. The van der Waals surface area contributed by atoms with Crippen LogP contribution >= 0.6 is 0 Å². The van der Waals surface area contributed by atoms with Crippen LogP contribution in [0.15, 0.2) is 29.2 Å². The van der Waals surface area contributed by atoms with Crippen LogP contribution in [0, 0.1) is 0 Å². The van der Waals surface area contributed by atoms with Crippen LogP contribution in [0.2, 0.25) is 0 Å². The van der Waals surface area contributed by atoms with Gasteiger partial charge in [-0.05, 0) is 31.5 Å². The first kappa shape index (κ1) is 13.0. The summed E-state index contributed by atoms with van der Waals surface area (Å²) in [6, 6.07) is 6.23. The highest BCUT2D eigenvalue weighted by molar-refractivity contribution is 7.89. The number of nitrogen functional groups attached to an aromatic ring is 1. The lowest BCUT2D eigenvalue weighted by Crippen LogP contribution is -2.32. The molecule has 0 aliphatic carbocycles. The molecule has 0 aliphatic rings.